The molecule has 102 valence electrons. The third kappa shape index (κ3) is 2.05. The molecule has 20 heavy (non-hydrogen) atoms. The van der Waals surface area contributed by atoms with Crippen LogP contribution in [0.3, 0.4) is 0 Å². The monoisotopic (exact) mass is 294 g/mol. The van der Waals surface area contributed by atoms with Gasteiger partial charge in [0.15, 0.2) is 4.96 Å². The molecule has 0 saturated carbocycles. The summed E-state index contributed by atoms with van der Waals surface area (Å²) in [5.41, 5.74) is 0.469. The van der Waals surface area contributed by atoms with Crippen molar-refractivity contribution in [3.8, 4) is 11.3 Å². The quantitative estimate of drug-likeness (QED) is 0.808. The lowest BCUT2D eigenvalue weighted by molar-refractivity contribution is -0.136. The predicted molar refractivity (Wildman–Crippen MR) is 69.8 cm³/mol. The Bertz CT molecular complexity index is 790. The lowest BCUT2D eigenvalue weighted by Crippen LogP contribution is -2.02. The lowest BCUT2D eigenvalue weighted by atomic mass is 10.1. The standard InChI is InChI=1S/C13H8F2N2O2S/c14-8-2-1-3-9(15)12(8)10-5-17-7(4-11(18)19)6-20-13(17)16-10/h1-3,5-6H,4H2,(H,18,19). The topological polar surface area (TPSA) is 54.6 Å². The Morgan fingerprint density at radius 1 is 1.35 bits per heavy atom. The molecule has 1 N–H and O–H groups in total. The number of fused-ring (bicyclic) bond motifs is 1. The molecule has 3 aromatic rings. The highest BCUT2D eigenvalue weighted by atomic mass is 32.1. The zero-order chi connectivity index (χ0) is 14.3. The first-order valence-corrected chi connectivity index (χ1v) is 6.56. The molecule has 3 rings (SSSR count). The van der Waals surface area contributed by atoms with Gasteiger partial charge in [-0.1, -0.05) is 6.07 Å². The first-order valence-electron chi connectivity index (χ1n) is 5.68. The highest BCUT2D eigenvalue weighted by Gasteiger charge is 2.17. The molecule has 0 aliphatic heterocycles. The van der Waals surface area contributed by atoms with Crippen LogP contribution in [-0.2, 0) is 11.2 Å². The number of hydrogen-bond donors (Lipinski definition) is 1. The maximum atomic E-state index is 13.7. The second-order valence-corrected chi connectivity index (χ2v) is 5.01. The van der Waals surface area contributed by atoms with Gasteiger partial charge in [-0.15, -0.1) is 11.3 Å². The molecule has 0 bridgehead atoms. The molecule has 0 unspecified atom stereocenters. The van der Waals surface area contributed by atoms with E-state index in [1.807, 2.05) is 0 Å². The summed E-state index contributed by atoms with van der Waals surface area (Å²) in [6, 6.07) is 3.59. The van der Waals surface area contributed by atoms with Gasteiger partial charge in [0, 0.05) is 17.3 Å². The number of carbonyl (C=O) groups is 1. The van der Waals surface area contributed by atoms with Gasteiger partial charge >= 0.3 is 5.97 Å². The number of thiazole rings is 1. The van der Waals surface area contributed by atoms with Gasteiger partial charge in [0.1, 0.15) is 11.6 Å². The maximum absolute atomic E-state index is 13.7. The van der Waals surface area contributed by atoms with E-state index in [1.54, 1.807) is 9.78 Å². The number of halogens is 2. The third-order valence-corrected chi connectivity index (χ3v) is 3.72. The summed E-state index contributed by atoms with van der Waals surface area (Å²) in [6.45, 7) is 0. The van der Waals surface area contributed by atoms with Crippen molar-refractivity contribution in [2.75, 3.05) is 0 Å². The number of carboxylic acids is 1. The van der Waals surface area contributed by atoms with Crippen molar-refractivity contribution < 1.29 is 18.7 Å². The van der Waals surface area contributed by atoms with Crippen LogP contribution < -0.4 is 0 Å². The van der Waals surface area contributed by atoms with E-state index >= 15 is 0 Å². The number of nitrogens with zero attached hydrogens (tertiary/aromatic N) is 2. The van der Waals surface area contributed by atoms with Crippen molar-refractivity contribution in [3.05, 3.63) is 47.1 Å². The number of benzene rings is 1. The first-order chi connectivity index (χ1) is 9.56. The van der Waals surface area contributed by atoms with Crippen LogP contribution in [-0.4, -0.2) is 20.5 Å². The van der Waals surface area contributed by atoms with E-state index in [1.165, 1.54) is 23.6 Å². The van der Waals surface area contributed by atoms with Crippen LogP contribution >= 0.6 is 11.3 Å². The minimum atomic E-state index is -0.975. The van der Waals surface area contributed by atoms with Gasteiger partial charge in [-0.3, -0.25) is 9.20 Å². The number of imidazole rings is 1. The average molecular weight is 294 g/mol. The molecule has 0 saturated heterocycles. The second-order valence-electron chi connectivity index (χ2n) is 4.17. The van der Waals surface area contributed by atoms with Crippen LogP contribution in [0.25, 0.3) is 16.2 Å². The summed E-state index contributed by atoms with van der Waals surface area (Å²) < 4.78 is 28.9. The molecule has 4 nitrogen and oxygen atoms in total. The number of aromatic nitrogens is 2. The van der Waals surface area contributed by atoms with Crippen LogP contribution in [0.15, 0.2) is 29.8 Å². The molecule has 1 aromatic carbocycles. The van der Waals surface area contributed by atoms with E-state index in [9.17, 15) is 13.6 Å². The van der Waals surface area contributed by atoms with E-state index in [4.69, 9.17) is 5.11 Å². The van der Waals surface area contributed by atoms with Crippen molar-refractivity contribution in [2.24, 2.45) is 0 Å². The molecular weight excluding hydrogens is 286 g/mol. The first kappa shape index (κ1) is 12.7. The summed E-state index contributed by atoms with van der Waals surface area (Å²) in [5, 5.41) is 10.5. The SMILES string of the molecule is O=C(O)Cc1csc2nc(-c3c(F)cccc3F)cn12. The molecule has 7 heteroatoms. The van der Waals surface area contributed by atoms with E-state index in [-0.39, 0.29) is 17.7 Å². The number of rotatable bonds is 3. The number of carboxylic acid groups (broad SMARTS) is 1. The van der Waals surface area contributed by atoms with Crippen molar-refractivity contribution in [3.63, 3.8) is 0 Å². The predicted octanol–water partition coefficient (Wildman–Crippen LogP) is 2.97. The lowest BCUT2D eigenvalue weighted by Gasteiger charge is -2.00. The van der Waals surface area contributed by atoms with Crippen molar-refractivity contribution >= 4 is 22.3 Å². The molecule has 0 aliphatic carbocycles. The van der Waals surface area contributed by atoms with Crippen molar-refractivity contribution in [1.29, 1.82) is 0 Å². The van der Waals surface area contributed by atoms with Gasteiger partial charge < -0.3 is 5.11 Å². The molecule has 2 heterocycles. The molecule has 0 atom stereocenters. The zero-order valence-corrected chi connectivity index (χ0v) is 10.8. The Morgan fingerprint density at radius 3 is 2.70 bits per heavy atom. The van der Waals surface area contributed by atoms with Gasteiger partial charge in [-0.2, -0.15) is 0 Å². The fourth-order valence-corrected chi connectivity index (χ4v) is 2.85. The fourth-order valence-electron chi connectivity index (χ4n) is 1.97. The minimum Gasteiger partial charge on any atom is -0.481 e. The highest BCUT2D eigenvalue weighted by molar-refractivity contribution is 7.15. The van der Waals surface area contributed by atoms with Crippen LogP contribution in [0.4, 0.5) is 8.78 Å². The molecule has 0 spiro atoms. The molecule has 0 radical (unpaired) electrons. The summed E-state index contributed by atoms with van der Waals surface area (Å²) in [6.07, 6.45) is 1.28. The molecule has 0 amide bonds. The Balaban J connectivity index is 2.14. The van der Waals surface area contributed by atoms with Crippen molar-refractivity contribution in [1.82, 2.24) is 9.38 Å². The minimum absolute atomic E-state index is 0.152. The summed E-state index contributed by atoms with van der Waals surface area (Å²) in [5.74, 6) is -2.37. The summed E-state index contributed by atoms with van der Waals surface area (Å²) in [4.78, 5) is 15.4. The van der Waals surface area contributed by atoms with E-state index in [2.05, 4.69) is 4.98 Å². The number of hydrogen-bond acceptors (Lipinski definition) is 3. The normalized spacial score (nSPS) is 11.1. The largest absolute Gasteiger partial charge is 0.481 e. The average Bonchev–Trinajstić information content (AvgIpc) is 2.91. The van der Waals surface area contributed by atoms with Gasteiger partial charge in [0.25, 0.3) is 0 Å². The summed E-state index contributed by atoms with van der Waals surface area (Å²) in [7, 11) is 0. The zero-order valence-electron chi connectivity index (χ0n) is 10.0. The van der Waals surface area contributed by atoms with Crippen molar-refractivity contribution in [2.45, 2.75) is 6.42 Å². The van der Waals surface area contributed by atoms with Crippen LogP contribution in [0.2, 0.25) is 0 Å². The van der Waals surface area contributed by atoms with E-state index < -0.39 is 17.6 Å². The van der Waals surface area contributed by atoms with Gasteiger partial charge in [-0.25, -0.2) is 13.8 Å². The molecule has 0 fully saturated rings. The van der Waals surface area contributed by atoms with Crippen LogP contribution in [0, 0.1) is 11.6 Å². The van der Waals surface area contributed by atoms with Gasteiger partial charge in [-0.05, 0) is 12.1 Å². The fraction of sp³-hybridized carbons (Fsp3) is 0.0769. The summed E-state index contributed by atoms with van der Waals surface area (Å²) >= 11 is 1.23. The highest BCUT2D eigenvalue weighted by Crippen LogP contribution is 2.28. The smallest absolute Gasteiger partial charge is 0.309 e. The molecule has 0 aliphatic rings. The Hall–Kier alpha value is -2.28. The second kappa shape index (κ2) is 4.68. The van der Waals surface area contributed by atoms with Crippen LogP contribution in [0.5, 0.6) is 0 Å². The van der Waals surface area contributed by atoms with Gasteiger partial charge in [0.05, 0.1) is 17.7 Å². The van der Waals surface area contributed by atoms with E-state index in [0.29, 0.717) is 10.7 Å². The number of aliphatic carboxylic acids is 1. The molecular formula is C13H8F2N2O2S. The Labute approximate surface area is 115 Å². The maximum Gasteiger partial charge on any atom is 0.309 e. The Kier molecular flexibility index (Phi) is 2.98. The van der Waals surface area contributed by atoms with E-state index in [0.717, 1.165) is 12.1 Å². The van der Waals surface area contributed by atoms with Crippen LogP contribution in [0.1, 0.15) is 5.69 Å². The van der Waals surface area contributed by atoms with Gasteiger partial charge in [0.2, 0.25) is 0 Å². The third-order valence-electron chi connectivity index (χ3n) is 2.83. The Morgan fingerprint density at radius 2 is 2.05 bits per heavy atom. The molecule has 2 aromatic heterocycles.